The van der Waals surface area contributed by atoms with Crippen molar-refractivity contribution in [2.24, 2.45) is 5.92 Å². The van der Waals surface area contributed by atoms with Crippen LogP contribution in [0.5, 0.6) is 0 Å². The van der Waals surface area contributed by atoms with Gasteiger partial charge in [0, 0.05) is 19.3 Å². The molecule has 0 heterocycles. The number of carbonyl (C=O) groups excluding carboxylic acids is 2. The summed E-state index contributed by atoms with van der Waals surface area (Å²) in [5.74, 6) is -0.749. The van der Waals surface area contributed by atoms with Crippen LogP contribution < -0.4 is 0 Å². The van der Waals surface area contributed by atoms with Gasteiger partial charge >= 0.3 is 11.9 Å². The molecule has 0 aromatic carbocycles. The molecule has 0 bridgehead atoms. The first kappa shape index (κ1) is 17.6. The molecule has 0 amide bonds. The fraction of sp³-hybridized carbons (Fsp3) is 0.786. The van der Waals surface area contributed by atoms with Gasteiger partial charge in [-0.2, -0.15) is 0 Å². The normalized spacial score (nSPS) is 11.9. The zero-order valence-corrected chi connectivity index (χ0v) is 11.8. The third-order valence-electron chi connectivity index (χ3n) is 2.98. The van der Waals surface area contributed by atoms with Crippen LogP contribution in [0.4, 0.5) is 0 Å². The number of rotatable bonds is 11. The van der Waals surface area contributed by atoms with Gasteiger partial charge in [-0.3, -0.25) is 9.59 Å². The maximum Gasteiger partial charge on any atom is 0.305 e. The predicted molar refractivity (Wildman–Crippen MR) is 70.8 cm³/mol. The number of ether oxygens (including phenoxy) is 1. The molecule has 0 rings (SSSR count). The van der Waals surface area contributed by atoms with E-state index in [-0.39, 0.29) is 30.5 Å². The summed E-state index contributed by atoms with van der Waals surface area (Å²) in [5, 5.41) is 8.45. The molecule has 0 aliphatic carbocycles. The Morgan fingerprint density at radius 1 is 1.11 bits per heavy atom. The second kappa shape index (κ2) is 10.5. The van der Waals surface area contributed by atoms with Crippen LogP contribution in [0.3, 0.4) is 0 Å². The van der Waals surface area contributed by atoms with E-state index in [1.807, 2.05) is 6.92 Å². The summed E-state index contributed by atoms with van der Waals surface area (Å²) in [5.41, 5.74) is 0. The fourth-order valence-electron chi connectivity index (χ4n) is 1.64. The maximum atomic E-state index is 11.4. The van der Waals surface area contributed by atoms with Crippen LogP contribution in [0.15, 0.2) is 0 Å². The quantitative estimate of drug-likeness (QED) is 0.357. The molecule has 1 unspecified atom stereocenters. The van der Waals surface area contributed by atoms with Crippen molar-refractivity contribution in [1.82, 2.24) is 0 Å². The van der Waals surface area contributed by atoms with Crippen molar-refractivity contribution in [2.45, 2.75) is 58.8 Å². The highest BCUT2D eigenvalue weighted by Crippen LogP contribution is 2.12. The summed E-state index contributed by atoms with van der Waals surface area (Å²) in [7, 11) is 0. The molecule has 0 spiro atoms. The molecule has 110 valence electrons. The minimum atomic E-state index is -0.844. The highest BCUT2D eigenvalue weighted by atomic mass is 16.6. The smallest absolute Gasteiger partial charge is 0.305 e. The van der Waals surface area contributed by atoms with E-state index in [1.165, 1.54) is 0 Å². The molecule has 5 nitrogen and oxygen atoms in total. The van der Waals surface area contributed by atoms with Gasteiger partial charge in [0.1, 0.15) is 5.78 Å². The molecular formula is C14H24O5. The maximum absolute atomic E-state index is 11.4. The number of carbonyl (C=O) groups is 3. The van der Waals surface area contributed by atoms with Gasteiger partial charge in [-0.25, -0.2) is 0 Å². The average molecular weight is 278 g/mol. The molecule has 0 saturated heterocycles. The molecule has 0 radical (unpaired) electrons. The number of aliphatic carboxylic acids is 1. The van der Waals surface area contributed by atoms with Gasteiger partial charge < -0.3 is 14.6 Å². The molecule has 19 heavy (non-hydrogen) atoms. The third-order valence-corrected chi connectivity index (χ3v) is 2.98. The van der Waals surface area contributed by atoms with Crippen molar-refractivity contribution in [3.63, 3.8) is 0 Å². The Hall–Kier alpha value is -1.39. The molecule has 0 saturated carbocycles. The number of unbranched alkanes of at least 4 members (excludes halogenated alkanes) is 1. The molecule has 0 fully saturated rings. The second-order valence-corrected chi connectivity index (χ2v) is 4.80. The lowest BCUT2D eigenvalue weighted by Gasteiger charge is -2.14. The summed E-state index contributed by atoms with van der Waals surface area (Å²) < 4.78 is 5.14. The minimum Gasteiger partial charge on any atom is -0.481 e. The van der Waals surface area contributed by atoms with E-state index in [1.54, 1.807) is 6.92 Å². The molecule has 1 atom stereocenters. The first-order valence-corrected chi connectivity index (χ1v) is 6.82. The van der Waals surface area contributed by atoms with Gasteiger partial charge in [0.25, 0.3) is 0 Å². The molecule has 0 aromatic rings. The minimum absolute atomic E-state index is 0.0868. The largest absolute Gasteiger partial charge is 0.481 e. The summed E-state index contributed by atoms with van der Waals surface area (Å²) in [6.45, 7) is 3.91. The number of ketones is 1. The Labute approximate surface area is 114 Å². The van der Waals surface area contributed by atoms with Gasteiger partial charge in [0.2, 0.25) is 0 Å². The van der Waals surface area contributed by atoms with Crippen molar-refractivity contribution in [3.05, 3.63) is 0 Å². The first-order valence-electron chi connectivity index (χ1n) is 6.82. The highest BCUT2D eigenvalue weighted by molar-refractivity contribution is 5.75. The fourth-order valence-corrected chi connectivity index (χ4v) is 1.64. The van der Waals surface area contributed by atoms with Crippen molar-refractivity contribution in [3.8, 4) is 0 Å². The van der Waals surface area contributed by atoms with Crippen molar-refractivity contribution in [2.75, 3.05) is 6.61 Å². The zero-order chi connectivity index (χ0) is 14.7. The van der Waals surface area contributed by atoms with Crippen molar-refractivity contribution < 1.29 is 24.2 Å². The topological polar surface area (TPSA) is 80.7 Å². The lowest BCUT2D eigenvalue weighted by Crippen LogP contribution is -2.14. The number of hydrogen-bond acceptors (Lipinski definition) is 4. The Bertz CT molecular complexity index is 298. The summed E-state index contributed by atoms with van der Waals surface area (Å²) in [6.07, 6.45) is 3.52. The second-order valence-electron chi connectivity index (χ2n) is 4.80. The number of Topliss-reactive ketones (excluding diaryl/α,β-unsaturated/α-hetero) is 1. The van der Waals surface area contributed by atoms with Gasteiger partial charge in [0.05, 0.1) is 6.61 Å². The van der Waals surface area contributed by atoms with Gasteiger partial charge in [-0.15, -0.1) is 0 Å². The van der Waals surface area contributed by atoms with Crippen molar-refractivity contribution in [1.29, 1.82) is 0 Å². The summed E-state index contributed by atoms with van der Waals surface area (Å²) in [6, 6.07) is 0. The lowest BCUT2D eigenvalue weighted by atomic mass is 10.0. The van der Waals surface area contributed by atoms with Crippen LogP contribution in [0.2, 0.25) is 0 Å². The van der Waals surface area contributed by atoms with Crippen LogP contribution in [-0.2, 0) is 19.1 Å². The van der Waals surface area contributed by atoms with E-state index in [0.29, 0.717) is 25.9 Å². The van der Waals surface area contributed by atoms with E-state index >= 15 is 0 Å². The molecular weight excluding hydrogens is 254 g/mol. The van der Waals surface area contributed by atoms with Crippen LogP contribution in [0, 0.1) is 5.92 Å². The molecule has 0 aromatic heterocycles. The lowest BCUT2D eigenvalue weighted by molar-refractivity contribution is -0.145. The van der Waals surface area contributed by atoms with Gasteiger partial charge in [-0.1, -0.05) is 13.3 Å². The third kappa shape index (κ3) is 11.4. The van der Waals surface area contributed by atoms with Crippen LogP contribution in [-0.4, -0.2) is 29.4 Å². The monoisotopic (exact) mass is 278 g/mol. The standard InChI is InChI=1S/C14H24O5/c1-3-12(9-8-11(2)15)10-19-14(18)7-5-4-6-13(16)17/h12H,3-10H2,1-2H3,(H,16,17)/i4+1,5+1,6+1,7+1,13+1,14+1. The number of hydrogen-bond donors (Lipinski definition) is 1. The summed E-state index contributed by atoms with van der Waals surface area (Å²) in [4.78, 5) is 32.6. The van der Waals surface area contributed by atoms with Crippen LogP contribution in [0.25, 0.3) is 0 Å². The molecule has 1 N–H and O–H groups in total. The van der Waals surface area contributed by atoms with E-state index in [9.17, 15) is 14.4 Å². The zero-order valence-electron chi connectivity index (χ0n) is 11.8. The van der Waals surface area contributed by atoms with Crippen LogP contribution >= 0.6 is 0 Å². The van der Waals surface area contributed by atoms with Gasteiger partial charge in [-0.05, 0) is 32.1 Å². The van der Waals surface area contributed by atoms with E-state index < -0.39 is 5.97 Å². The SMILES string of the molecule is CCC(CCC(C)=O)CO[13C](=O)[13CH2][13CH2][13CH2][13CH2][13C](=O)O. The Kier molecular flexibility index (Phi) is 9.75. The molecule has 5 heteroatoms. The number of carboxylic acid groups (broad SMARTS) is 1. The molecule has 0 aliphatic rings. The Morgan fingerprint density at radius 2 is 1.74 bits per heavy atom. The van der Waals surface area contributed by atoms with E-state index in [0.717, 1.165) is 12.8 Å². The highest BCUT2D eigenvalue weighted by Gasteiger charge is 2.11. The Balaban J connectivity index is 3.68. The van der Waals surface area contributed by atoms with E-state index in [4.69, 9.17) is 9.84 Å². The van der Waals surface area contributed by atoms with Crippen LogP contribution in [0.1, 0.15) is 58.8 Å². The van der Waals surface area contributed by atoms with E-state index in [2.05, 4.69) is 0 Å². The predicted octanol–water partition coefficient (Wildman–Crippen LogP) is 2.57. The first-order chi connectivity index (χ1) is 8.95. The summed E-state index contributed by atoms with van der Waals surface area (Å²) >= 11 is 0. The number of esters is 1. The number of carboxylic acids is 1. The Morgan fingerprint density at radius 3 is 2.26 bits per heavy atom. The molecule has 0 aliphatic heterocycles. The average Bonchev–Trinajstić information content (AvgIpc) is 2.34. The van der Waals surface area contributed by atoms with Crippen molar-refractivity contribution >= 4 is 17.7 Å². The van der Waals surface area contributed by atoms with Gasteiger partial charge in [0.15, 0.2) is 0 Å².